The minimum atomic E-state index is -1.05. The van der Waals surface area contributed by atoms with Crippen LogP contribution < -0.4 is 11.1 Å². The van der Waals surface area contributed by atoms with Gasteiger partial charge in [-0.2, -0.15) is 0 Å². The minimum absolute atomic E-state index is 0.0694. The van der Waals surface area contributed by atoms with E-state index in [-0.39, 0.29) is 12.0 Å². The molecule has 0 atom stereocenters. The Hall–Kier alpha value is -1.26. The van der Waals surface area contributed by atoms with Gasteiger partial charge in [0.25, 0.3) is 0 Å². The molecule has 5 N–H and O–H groups in total. The lowest BCUT2D eigenvalue weighted by atomic mass is 10.2. The summed E-state index contributed by atoms with van der Waals surface area (Å²) in [6, 6.07) is 0.0694. The summed E-state index contributed by atoms with van der Waals surface area (Å²) in [5.74, 6) is -1.39. The van der Waals surface area contributed by atoms with Crippen molar-refractivity contribution in [2.24, 2.45) is 5.73 Å². The first-order valence-electron chi connectivity index (χ1n) is 3.28. The van der Waals surface area contributed by atoms with E-state index < -0.39 is 5.97 Å². The number of carboxylic acids is 1. The Bertz CT molecular complexity index is 158. The van der Waals surface area contributed by atoms with Crippen molar-refractivity contribution in [2.45, 2.75) is 19.8 Å². The van der Waals surface area contributed by atoms with Crippen molar-refractivity contribution in [3.63, 3.8) is 0 Å². The molecule has 63 valence electrons. The molecule has 5 heteroatoms. The zero-order valence-corrected chi connectivity index (χ0v) is 6.35. The Morgan fingerprint density at radius 2 is 2.27 bits per heavy atom. The molecule has 0 amide bonds. The van der Waals surface area contributed by atoms with Gasteiger partial charge in [0.2, 0.25) is 0 Å². The molecule has 0 fully saturated rings. The summed E-state index contributed by atoms with van der Waals surface area (Å²) in [6.07, 6.45) is 1.11. The summed E-state index contributed by atoms with van der Waals surface area (Å²) in [7, 11) is 0. The standard InChI is InChI=1S/C6H12N3O2/c1-2-3-4(5(10)11)9-6(7)8/h2-3H2,1H3,(H,10,11)(H4,7,8,9). The summed E-state index contributed by atoms with van der Waals surface area (Å²) >= 11 is 0. The highest BCUT2D eigenvalue weighted by molar-refractivity contribution is 5.88. The van der Waals surface area contributed by atoms with Crippen LogP contribution in [0.4, 0.5) is 0 Å². The third-order valence-electron chi connectivity index (χ3n) is 1.04. The van der Waals surface area contributed by atoms with E-state index in [4.69, 9.17) is 16.2 Å². The zero-order chi connectivity index (χ0) is 8.85. The van der Waals surface area contributed by atoms with Crippen molar-refractivity contribution in [3.05, 3.63) is 6.04 Å². The van der Waals surface area contributed by atoms with Crippen molar-refractivity contribution in [1.29, 1.82) is 5.41 Å². The molecule has 0 aromatic rings. The molecule has 1 radical (unpaired) electrons. The first-order chi connectivity index (χ1) is 5.07. The molecule has 0 saturated carbocycles. The molecular weight excluding hydrogens is 146 g/mol. The summed E-state index contributed by atoms with van der Waals surface area (Å²) < 4.78 is 0. The summed E-state index contributed by atoms with van der Waals surface area (Å²) in [6.45, 7) is 1.85. The molecule has 0 saturated heterocycles. The summed E-state index contributed by atoms with van der Waals surface area (Å²) in [5.41, 5.74) is 4.95. The maximum atomic E-state index is 10.4. The number of nitrogens with two attached hydrogens (primary N) is 1. The van der Waals surface area contributed by atoms with Gasteiger partial charge in [-0.25, -0.2) is 4.79 Å². The number of rotatable bonds is 4. The molecule has 0 heterocycles. The van der Waals surface area contributed by atoms with Gasteiger partial charge in [-0.3, -0.25) is 5.41 Å². The van der Waals surface area contributed by atoms with Gasteiger partial charge < -0.3 is 16.2 Å². The second-order valence-electron chi connectivity index (χ2n) is 2.07. The number of carboxylic acid groups (broad SMARTS) is 1. The third-order valence-corrected chi connectivity index (χ3v) is 1.04. The lowest BCUT2D eigenvalue weighted by molar-refractivity contribution is -0.135. The van der Waals surface area contributed by atoms with Gasteiger partial charge in [0, 0.05) is 0 Å². The van der Waals surface area contributed by atoms with Gasteiger partial charge in [-0.1, -0.05) is 13.3 Å². The molecule has 0 bridgehead atoms. The van der Waals surface area contributed by atoms with Crippen LogP contribution in [-0.2, 0) is 4.79 Å². The van der Waals surface area contributed by atoms with E-state index in [1.807, 2.05) is 6.92 Å². The second-order valence-corrected chi connectivity index (χ2v) is 2.07. The Morgan fingerprint density at radius 1 is 1.73 bits per heavy atom. The van der Waals surface area contributed by atoms with E-state index in [2.05, 4.69) is 5.32 Å². The van der Waals surface area contributed by atoms with Crippen LogP contribution in [0.2, 0.25) is 0 Å². The second kappa shape index (κ2) is 4.54. The Labute approximate surface area is 65.1 Å². The Kier molecular flexibility index (Phi) is 4.02. The average molecular weight is 158 g/mol. The molecular formula is C6H12N3O2. The third kappa shape index (κ3) is 4.19. The van der Waals surface area contributed by atoms with Crippen molar-refractivity contribution in [3.8, 4) is 0 Å². The van der Waals surface area contributed by atoms with Gasteiger partial charge in [-0.05, 0) is 6.42 Å². The molecule has 0 aromatic heterocycles. The molecule has 0 aliphatic heterocycles. The van der Waals surface area contributed by atoms with Crippen LogP contribution in [-0.4, -0.2) is 17.0 Å². The number of nitrogens with one attached hydrogen (secondary N) is 2. The maximum absolute atomic E-state index is 10.4. The lowest BCUT2D eigenvalue weighted by Crippen LogP contribution is -2.37. The predicted molar refractivity (Wildman–Crippen MR) is 40.8 cm³/mol. The van der Waals surface area contributed by atoms with Crippen molar-refractivity contribution in [1.82, 2.24) is 5.32 Å². The van der Waals surface area contributed by atoms with E-state index >= 15 is 0 Å². The van der Waals surface area contributed by atoms with Gasteiger partial charge in [0.1, 0.15) is 0 Å². The Balaban J connectivity index is 3.89. The molecule has 0 aliphatic rings. The highest BCUT2D eigenvalue weighted by Crippen LogP contribution is 2.03. The first kappa shape index (κ1) is 9.74. The number of hydrogen-bond donors (Lipinski definition) is 4. The van der Waals surface area contributed by atoms with Gasteiger partial charge in [-0.15, -0.1) is 0 Å². The van der Waals surface area contributed by atoms with Crippen LogP contribution in [0.15, 0.2) is 0 Å². The summed E-state index contributed by atoms with van der Waals surface area (Å²) in [4.78, 5) is 10.4. The van der Waals surface area contributed by atoms with Crippen LogP contribution in [0.3, 0.4) is 0 Å². The van der Waals surface area contributed by atoms with Crippen molar-refractivity contribution in [2.75, 3.05) is 0 Å². The van der Waals surface area contributed by atoms with Crippen LogP contribution >= 0.6 is 0 Å². The molecule has 0 aliphatic carbocycles. The highest BCUT2D eigenvalue weighted by atomic mass is 16.4. The Morgan fingerprint density at radius 3 is 2.55 bits per heavy atom. The molecule has 11 heavy (non-hydrogen) atoms. The monoisotopic (exact) mass is 158 g/mol. The number of aliphatic carboxylic acids is 1. The zero-order valence-electron chi connectivity index (χ0n) is 6.35. The maximum Gasteiger partial charge on any atom is 0.332 e. The summed E-state index contributed by atoms with van der Waals surface area (Å²) in [5, 5.41) is 17.5. The van der Waals surface area contributed by atoms with Crippen molar-refractivity contribution >= 4 is 11.9 Å². The highest BCUT2D eigenvalue weighted by Gasteiger charge is 2.17. The smallest absolute Gasteiger partial charge is 0.332 e. The fourth-order valence-corrected chi connectivity index (χ4v) is 0.635. The normalized spacial score (nSPS) is 9.64. The number of guanidine groups is 1. The van der Waals surface area contributed by atoms with Gasteiger partial charge in [0.15, 0.2) is 12.0 Å². The van der Waals surface area contributed by atoms with Crippen LogP contribution in [0.1, 0.15) is 19.8 Å². The predicted octanol–water partition coefficient (Wildman–Crippen LogP) is -0.114. The number of carbonyl (C=O) groups is 1. The molecule has 0 aromatic carbocycles. The largest absolute Gasteiger partial charge is 0.479 e. The average Bonchev–Trinajstić information content (AvgIpc) is 1.86. The molecule has 0 unspecified atom stereocenters. The van der Waals surface area contributed by atoms with Crippen LogP contribution in [0.5, 0.6) is 0 Å². The first-order valence-corrected chi connectivity index (χ1v) is 3.28. The van der Waals surface area contributed by atoms with E-state index in [1.165, 1.54) is 0 Å². The van der Waals surface area contributed by atoms with E-state index in [0.29, 0.717) is 12.8 Å². The molecule has 0 rings (SSSR count). The lowest BCUT2D eigenvalue weighted by Gasteiger charge is -2.10. The van der Waals surface area contributed by atoms with Gasteiger partial charge >= 0.3 is 5.97 Å². The van der Waals surface area contributed by atoms with Crippen LogP contribution in [0.25, 0.3) is 0 Å². The number of hydrogen-bond acceptors (Lipinski definition) is 2. The quantitative estimate of drug-likeness (QED) is 0.338. The SMILES string of the molecule is CCC[C](NC(=N)N)C(=O)O. The fourth-order valence-electron chi connectivity index (χ4n) is 0.635. The fraction of sp³-hybridized carbons (Fsp3) is 0.500. The molecule has 0 spiro atoms. The van der Waals surface area contributed by atoms with Gasteiger partial charge in [0.05, 0.1) is 0 Å². The van der Waals surface area contributed by atoms with E-state index in [0.717, 1.165) is 0 Å². The minimum Gasteiger partial charge on any atom is -0.479 e. The van der Waals surface area contributed by atoms with Crippen molar-refractivity contribution < 1.29 is 9.90 Å². The van der Waals surface area contributed by atoms with Crippen LogP contribution in [0, 0.1) is 11.5 Å². The van der Waals surface area contributed by atoms with E-state index in [9.17, 15) is 4.79 Å². The topological polar surface area (TPSA) is 99.2 Å². The molecule has 5 nitrogen and oxygen atoms in total. The van der Waals surface area contributed by atoms with E-state index in [1.54, 1.807) is 0 Å².